The molecule has 0 aliphatic carbocycles. The first-order valence-corrected chi connectivity index (χ1v) is 8.45. The summed E-state index contributed by atoms with van der Waals surface area (Å²) in [5.41, 5.74) is 0.588. The lowest BCUT2D eigenvalue weighted by molar-refractivity contribution is 0.0633. The Morgan fingerprint density at radius 2 is 2.23 bits per heavy atom. The summed E-state index contributed by atoms with van der Waals surface area (Å²) in [6, 6.07) is 5.19. The molecule has 3 aromatic heterocycles. The van der Waals surface area contributed by atoms with Crippen molar-refractivity contribution in [1.82, 2.24) is 24.6 Å². The van der Waals surface area contributed by atoms with Gasteiger partial charge in [-0.2, -0.15) is 0 Å². The number of amides is 1. The van der Waals surface area contributed by atoms with Gasteiger partial charge in [-0.3, -0.25) is 9.78 Å². The molecule has 8 heteroatoms. The van der Waals surface area contributed by atoms with Crippen LogP contribution in [0.25, 0.3) is 0 Å². The Kier molecular flexibility index (Phi) is 4.16. The molecule has 4 rings (SSSR count). The van der Waals surface area contributed by atoms with Gasteiger partial charge in [-0.15, -0.1) is 10.2 Å². The number of pyridine rings is 1. The highest BCUT2D eigenvalue weighted by Crippen LogP contribution is 2.27. The summed E-state index contributed by atoms with van der Waals surface area (Å²) in [5.74, 6) is 2.75. The average molecular weight is 353 g/mol. The van der Waals surface area contributed by atoms with E-state index >= 15 is 0 Å². The smallest absolute Gasteiger partial charge is 0.258 e. The first kappa shape index (κ1) is 16.3. The van der Waals surface area contributed by atoms with E-state index in [1.54, 1.807) is 30.3 Å². The van der Waals surface area contributed by atoms with Crippen molar-refractivity contribution in [2.24, 2.45) is 0 Å². The third kappa shape index (κ3) is 2.83. The molecule has 0 saturated carbocycles. The molecule has 3 aromatic rings. The number of aryl methyl sites for hydroxylation is 1. The molecule has 0 N–H and O–H groups in total. The van der Waals surface area contributed by atoms with E-state index in [1.807, 2.05) is 23.6 Å². The molecule has 1 aliphatic rings. The van der Waals surface area contributed by atoms with Crippen LogP contribution in [0.15, 0.2) is 41.3 Å². The molecule has 1 amide bonds. The largest absolute Gasteiger partial charge is 0.484 e. The van der Waals surface area contributed by atoms with Crippen molar-refractivity contribution in [3.05, 3.63) is 59.8 Å². The van der Waals surface area contributed by atoms with E-state index in [0.29, 0.717) is 36.8 Å². The number of furan rings is 1. The summed E-state index contributed by atoms with van der Waals surface area (Å²) in [7, 11) is 0. The van der Waals surface area contributed by atoms with Crippen molar-refractivity contribution >= 4 is 5.91 Å². The first-order chi connectivity index (χ1) is 12.6. The molecule has 1 aliphatic heterocycles. The number of ether oxygens (including phenoxy) is 1. The van der Waals surface area contributed by atoms with Gasteiger partial charge in [-0.25, -0.2) is 0 Å². The fourth-order valence-corrected chi connectivity index (χ4v) is 3.17. The standard InChI is InChI=1S/C18H19N5O3/c1-12-17-21-20-16(11-26-14-4-3-6-19-10-14)23(17)8-7-22(12)18(24)15-5-9-25-13(15)2/h3-6,9-10,12H,7-8,11H2,1-2H3. The Morgan fingerprint density at radius 1 is 1.35 bits per heavy atom. The van der Waals surface area contributed by atoms with E-state index in [2.05, 4.69) is 15.2 Å². The number of fused-ring (bicyclic) bond motifs is 1. The van der Waals surface area contributed by atoms with Crippen molar-refractivity contribution in [3.8, 4) is 5.75 Å². The number of rotatable bonds is 4. The Hall–Kier alpha value is -3.16. The normalized spacial score (nSPS) is 16.4. The predicted molar refractivity (Wildman–Crippen MR) is 91.5 cm³/mol. The van der Waals surface area contributed by atoms with E-state index in [9.17, 15) is 4.79 Å². The van der Waals surface area contributed by atoms with Crippen LogP contribution in [-0.4, -0.2) is 37.1 Å². The Morgan fingerprint density at radius 3 is 2.96 bits per heavy atom. The molecule has 0 saturated heterocycles. The Balaban J connectivity index is 1.51. The molecule has 8 nitrogen and oxygen atoms in total. The zero-order valence-corrected chi connectivity index (χ0v) is 14.6. The van der Waals surface area contributed by atoms with Gasteiger partial charge in [0.2, 0.25) is 0 Å². The highest BCUT2D eigenvalue weighted by molar-refractivity contribution is 5.95. The maximum atomic E-state index is 12.8. The summed E-state index contributed by atoms with van der Waals surface area (Å²) >= 11 is 0. The lowest BCUT2D eigenvalue weighted by Crippen LogP contribution is -2.41. The highest BCUT2D eigenvalue weighted by Gasteiger charge is 2.32. The van der Waals surface area contributed by atoms with Gasteiger partial charge in [0, 0.05) is 19.3 Å². The number of nitrogens with zero attached hydrogens (tertiary/aromatic N) is 5. The second kappa shape index (κ2) is 6.62. The third-order valence-corrected chi connectivity index (χ3v) is 4.61. The minimum Gasteiger partial charge on any atom is -0.484 e. The van der Waals surface area contributed by atoms with Crippen molar-refractivity contribution < 1.29 is 13.9 Å². The van der Waals surface area contributed by atoms with Gasteiger partial charge >= 0.3 is 0 Å². The van der Waals surface area contributed by atoms with Crippen LogP contribution in [0.1, 0.15) is 40.7 Å². The predicted octanol–water partition coefficient (Wildman–Crippen LogP) is 2.37. The molecule has 1 unspecified atom stereocenters. The molecule has 134 valence electrons. The van der Waals surface area contributed by atoms with Gasteiger partial charge in [0.05, 0.1) is 24.1 Å². The van der Waals surface area contributed by atoms with Gasteiger partial charge in [-0.1, -0.05) is 0 Å². The molecule has 0 fully saturated rings. The van der Waals surface area contributed by atoms with Crippen LogP contribution in [-0.2, 0) is 13.2 Å². The molecule has 0 spiro atoms. The minimum atomic E-state index is -0.176. The molecular formula is C18H19N5O3. The molecule has 4 heterocycles. The number of carbonyl (C=O) groups is 1. The maximum Gasteiger partial charge on any atom is 0.258 e. The van der Waals surface area contributed by atoms with Crippen LogP contribution >= 0.6 is 0 Å². The SMILES string of the molecule is Cc1occc1C(=O)N1CCn2c(COc3cccnc3)nnc2C1C. The molecule has 0 bridgehead atoms. The monoisotopic (exact) mass is 353 g/mol. The van der Waals surface area contributed by atoms with E-state index in [0.717, 1.165) is 11.6 Å². The quantitative estimate of drug-likeness (QED) is 0.716. The van der Waals surface area contributed by atoms with Crippen LogP contribution in [0.3, 0.4) is 0 Å². The lowest BCUT2D eigenvalue weighted by Gasteiger charge is -2.33. The fraction of sp³-hybridized carbons (Fsp3) is 0.333. The topological polar surface area (TPSA) is 86.3 Å². The summed E-state index contributed by atoms with van der Waals surface area (Å²) in [5, 5.41) is 8.53. The van der Waals surface area contributed by atoms with Gasteiger partial charge in [0.25, 0.3) is 5.91 Å². The number of hydrogen-bond acceptors (Lipinski definition) is 6. The van der Waals surface area contributed by atoms with Crippen molar-refractivity contribution in [1.29, 1.82) is 0 Å². The molecule has 0 aromatic carbocycles. The van der Waals surface area contributed by atoms with Crippen molar-refractivity contribution in [2.75, 3.05) is 6.54 Å². The first-order valence-electron chi connectivity index (χ1n) is 8.45. The number of hydrogen-bond donors (Lipinski definition) is 0. The zero-order chi connectivity index (χ0) is 18.1. The van der Waals surface area contributed by atoms with E-state index < -0.39 is 0 Å². The third-order valence-electron chi connectivity index (χ3n) is 4.61. The van der Waals surface area contributed by atoms with Crippen LogP contribution in [0.4, 0.5) is 0 Å². The van der Waals surface area contributed by atoms with Crippen LogP contribution < -0.4 is 4.74 Å². The van der Waals surface area contributed by atoms with Gasteiger partial charge in [0.1, 0.15) is 18.1 Å². The summed E-state index contributed by atoms with van der Waals surface area (Å²) in [6.45, 7) is 5.26. The van der Waals surface area contributed by atoms with Crippen molar-refractivity contribution in [3.63, 3.8) is 0 Å². The van der Waals surface area contributed by atoms with Gasteiger partial charge < -0.3 is 18.6 Å². The second-order valence-electron chi connectivity index (χ2n) is 6.17. The van der Waals surface area contributed by atoms with Gasteiger partial charge in [0.15, 0.2) is 11.6 Å². The number of aromatic nitrogens is 4. The summed E-state index contributed by atoms with van der Waals surface area (Å²) in [4.78, 5) is 18.6. The summed E-state index contributed by atoms with van der Waals surface area (Å²) in [6.07, 6.45) is 4.89. The maximum absolute atomic E-state index is 12.8. The highest BCUT2D eigenvalue weighted by atomic mass is 16.5. The van der Waals surface area contributed by atoms with Crippen LogP contribution in [0.5, 0.6) is 5.75 Å². The van der Waals surface area contributed by atoms with Crippen molar-refractivity contribution in [2.45, 2.75) is 33.0 Å². The summed E-state index contributed by atoms with van der Waals surface area (Å²) < 4.78 is 13.0. The molecule has 26 heavy (non-hydrogen) atoms. The number of carbonyl (C=O) groups excluding carboxylic acids is 1. The Labute approximate surface area is 150 Å². The van der Waals surface area contributed by atoms with E-state index in [4.69, 9.17) is 9.15 Å². The van der Waals surface area contributed by atoms with Crippen LogP contribution in [0.2, 0.25) is 0 Å². The van der Waals surface area contributed by atoms with Gasteiger partial charge in [-0.05, 0) is 32.0 Å². The molecular weight excluding hydrogens is 334 g/mol. The minimum absolute atomic E-state index is 0.0499. The Bertz CT molecular complexity index is 918. The van der Waals surface area contributed by atoms with E-state index in [-0.39, 0.29) is 11.9 Å². The van der Waals surface area contributed by atoms with Crippen LogP contribution in [0, 0.1) is 6.92 Å². The molecule has 0 radical (unpaired) electrons. The fourth-order valence-electron chi connectivity index (χ4n) is 3.17. The second-order valence-corrected chi connectivity index (χ2v) is 6.17. The lowest BCUT2D eigenvalue weighted by atomic mass is 10.1. The molecule has 1 atom stereocenters. The average Bonchev–Trinajstić information content (AvgIpc) is 3.27. The van der Waals surface area contributed by atoms with E-state index in [1.165, 1.54) is 6.26 Å². The zero-order valence-electron chi connectivity index (χ0n) is 14.6.